The molecule has 1 aromatic heterocycles. The van der Waals surface area contributed by atoms with Crippen LogP contribution in [0.4, 0.5) is 0 Å². The normalized spacial score (nSPS) is 15.3. The Morgan fingerprint density at radius 1 is 1.56 bits per heavy atom. The van der Waals surface area contributed by atoms with Gasteiger partial charge in [0.25, 0.3) is 0 Å². The Bertz CT molecular complexity index is 497. The molecule has 0 atom stereocenters. The maximum Gasteiger partial charge on any atom is 0.356 e. The maximum absolute atomic E-state index is 11.4. The van der Waals surface area contributed by atoms with E-state index in [0.29, 0.717) is 5.56 Å². The van der Waals surface area contributed by atoms with Crippen molar-refractivity contribution in [1.29, 1.82) is 0 Å². The summed E-state index contributed by atoms with van der Waals surface area (Å²) in [5.41, 5.74) is 5.89. The molecule has 2 rings (SSSR count). The number of rotatable bonds is 4. The average molecular weight is 251 g/mol. The van der Waals surface area contributed by atoms with Gasteiger partial charge in [-0.2, -0.15) is 0 Å². The summed E-state index contributed by atoms with van der Waals surface area (Å²) in [6, 6.07) is 2.89. The summed E-state index contributed by atoms with van der Waals surface area (Å²) in [4.78, 5) is 15.5. The number of carbonyl (C=O) groups is 1. The lowest BCUT2D eigenvalue weighted by atomic mass is 10.2. The van der Waals surface area contributed by atoms with Crippen LogP contribution in [0, 0.1) is 0 Å². The van der Waals surface area contributed by atoms with Crippen LogP contribution in [-0.2, 0) is 4.74 Å². The SMILES string of the molecule is COC(=O)c1cc(/C(N)=N/O)cc(OC2CC2)n1. The molecule has 18 heavy (non-hydrogen) atoms. The van der Waals surface area contributed by atoms with E-state index in [1.165, 1.54) is 19.2 Å². The van der Waals surface area contributed by atoms with Gasteiger partial charge in [-0.1, -0.05) is 5.16 Å². The molecule has 1 aromatic rings. The molecule has 3 N–H and O–H groups in total. The van der Waals surface area contributed by atoms with E-state index < -0.39 is 5.97 Å². The molecule has 7 nitrogen and oxygen atoms in total. The third-order valence-electron chi connectivity index (χ3n) is 2.41. The summed E-state index contributed by atoms with van der Waals surface area (Å²) in [6.45, 7) is 0. The summed E-state index contributed by atoms with van der Waals surface area (Å²) in [5.74, 6) is -0.464. The van der Waals surface area contributed by atoms with Gasteiger partial charge in [0.05, 0.1) is 7.11 Å². The van der Waals surface area contributed by atoms with Crippen LogP contribution < -0.4 is 10.5 Å². The van der Waals surface area contributed by atoms with Gasteiger partial charge in [0.2, 0.25) is 5.88 Å². The summed E-state index contributed by atoms with van der Waals surface area (Å²) in [7, 11) is 1.25. The molecule has 96 valence electrons. The Morgan fingerprint density at radius 2 is 2.28 bits per heavy atom. The van der Waals surface area contributed by atoms with Crippen molar-refractivity contribution in [2.45, 2.75) is 18.9 Å². The molecule has 1 aliphatic carbocycles. The molecule has 0 aromatic carbocycles. The standard InChI is InChI=1S/C11H13N3O4/c1-17-11(15)8-4-6(10(12)14-16)5-9(13-8)18-7-2-3-7/h4-5,7,16H,2-3H2,1H3,(H2,12,14). The van der Waals surface area contributed by atoms with Crippen molar-refractivity contribution in [3.05, 3.63) is 23.4 Å². The van der Waals surface area contributed by atoms with Gasteiger partial charge in [-0.3, -0.25) is 0 Å². The highest BCUT2D eigenvalue weighted by molar-refractivity contribution is 5.99. The van der Waals surface area contributed by atoms with Crippen molar-refractivity contribution in [1.82, 2.24) is 4.98 Å². The number of amidine groups is 1. The van der Waals surface area contributed by atoms with E-state index >= 15 is 0 Å². The number of hydrogen-bond acceptors (Lipinski definition) is 6. The molecule has 1 aliphatic rings. The molecule has 0 unspecified atom stereocenters. The zero-order valence-electron chi connectivity index (χ0n) is 9.79. The van der Waals surface area contributed by atoms with Crippen molar-refractivity contribution in [3.8, 4) is 5.88 Å². The Labute approximate surface area is 103 Å². The number of pyridine rings is 1. The lowest BCUT2D eigenvalue weighted by Gasteiger charge is -2.08. The van der Waals surface area contributed by atoms with Gasteiger partial charge in [-0.05, 0) is 18.9 Å². The topological polar surface area (TPSA) is 107 Å². The number of hydrogen-bond donors (Lipinski definition) is 2. The highest BCUT2D eigenvalue weighted by atomic mass is 16.5. The molecule has 1 saturated carbocycles. The lowest BCUT2D eigenvalue weighted by Crippen LogP contribution is -2.16. The first-order valence-corrected chi connectivity index (χ1v) is 5.39. The van der Waals surface area contributed by atoms with Gasteiger partial charge in [-0.25, -0.2) is 9.78 Å². The zero-order chi connectivity index (χ0) is 13.1. The molecule has 0 bridgehead atoms. The first-order valence-electron chi connectivity index (χ1n) is 5.39. The van der Waals surface area contributed by atoms with Crippen LogP contribution in [0.25, 0.3) is 0 Å². The molecule has 0 aliphatic heterocycles. The van der Waals surface area contributed by atoms with E-state index in [-0.39, 0.29) is 23.5 Å². The first kappa shape index (κ1) is 12.2. The third kappa shape index (κ3) is 2.68. The van der Waals surface area contributed by atoms with Crippen molar-refractivity contribution in [2.24, 2.45) is 10.9 Å². The average Bonchev–Trinajstić information content (AvgIpc) is 3.20. The molecule has 7 heteroatoms. The summed E-state index contributed by atoms with van der Waals surface area (Å²) in [5, 5.41) is 11.5. The van der Waals surface area contributed by atoms with Crippen LogP contribution in [0.5, 0.6) is 5.88 Å². The van der Waals surface area contributed by atoms with E-state index in [2.05, 4.69) is 14.9 Å². The third-order valence-corrected chi connectivity index (χ3v) is 2.41. The highest BCUT2D eigenvalue weighted by Crippen LogP contribution is 2.26. The van der Waals surface area contributed by atoms with Crippen LogP contribution in [0.1, 0.15) is 28.9 Å². The minimum atomic E-state index is -0.608. The fourth-order valence-electron chi connectivity index (χ4n) is 1.34. The van der Waals surface area contributed by atoms with Crippen LogP contribution >= 0.6 is 0 Å². The van der Waals surface area contributed by atoms with E-state index in [9.17, 15) is 4.79 Å². The number of nitrogens with two attached hydrogens (primary N) is 1. The Hall–Kier alpha value is -2.31. The monoisotopic (exact) mass is 251 g/mol. The van der Waals surface area contributed by atoms with E-state index in [4.69, 9.17) is 15.7 Å². The fourth-order valence-corrected chi connectivity index (χ4v) is 1.34. The minimum Gasteiger partial charge on any atom is -0.474 e. The summed E-state index contributed by atoms with van der Waals surface area (Å²) >= 11 is 0. The smallest absolute Gasteiger partial charge is 0.356 e. The van der Waals surface area contributed by atoms with Gasteiger partial charge in [-0.15, -0.1) is 0 Å². The predicted molar refractivity (Wildman–Crippen MR) is 61.7 cm³/mol. The molecule has 1 fully saturated rings. The van der Waals surface area contributed by atoms with E-state index in [0.717, 1.165) is 12.8 Å². The molecule has 0 saturated heterocycles. The number of methoxy groups -OCH3 is 1. The summed E-state index contributed by atoms with van der Waals surface area (Å²) < 4.78 is 10.1. The first-order chi connectivity index (χ1) is 8.63. The van der Waals surface area contributed by atoms with Gasteiger partial charge in [0.15, 0.2) is 11.5 Å². The maximum atomic E-state index is 11.4. The number of oxime groups is 1. The largest absolute Gasteiger partial charge is 0.474 e. The van der Waals surface area contributed by atoms with E-state index in [1.54, 1.807) is 0 Å². The van der Waals surface area contributed by atoms with Crippen LogP contribution in [0.2, 0.25) is 0 Å². The predicted octanol–water partition coefficient (Wildman–Crippen LogP) is 0.504. The molecule has 0 radical (unpaired) electrons. The Kier molecular flexibility index (Phi) is 3.31. The molecule has 0 spiro atoms. The van der Waals surface area contributed by atoms with Crippen LogP contribution in [-0.4, -0.2) is 35.2 Å². The quantitative estimate of drug-likeness (QED) is 0.265. The molecule has 0 amide bonds. The second kappa shape index (κ2) is 4.91. The molecule has 1 heterocycles. The van der Waals surface area contributed by atoms with Crippen molar-refractivity contribution < 1.29 is 19.5 Å². The fraction of sp³-hybridized carbons (Fsp3) is 0.364. The number of aromatic nitrogens is 1. The van der Waals surface area contributed by atoms with Gasteiger partial charge in [0, 0.05) is 11.6 Å². The van der Waals surface area contributed by atoms with E-state index in [1.807, 2.05) is 0 Å². The number of esters is 1. The second-order valence-electron chi connectivity index (χ2n) is 3.87. The van der Waals surface area contributed by atoms with Gasteiger partial charge >= 0.3 is 5.97 Å². The summed E-state index contributed by atoms with van der Waals surface area (Å²) in [6.07, 6.45) is 2.05. The van der Waals surface area contributed by atoms with Crippen molar-refractivity contribution >= 4 is 11.8 Å². The number of carbonyl (C=O) groups excluding carboxylic acids is 1. The second-order valence-corrected chi connectivity index (χ2v) is 3.87. The molecular weight excluding hydrogens is 238 g/mol. The van der Waals surface area contributed by atoms with Gasteiger partial charge in [0.1, 0.15) is 6.10 Å². The highest BCUT2D eigenvalue weighted by Gasteiger charge is 2.25. The molecular formula is C11H13N3O4. The number of ether oxygens (including phenoxy) is 2. The van der Waals surface area contributed by atoms with Crippen molar-refractivity contribution in [3.63, 3.8) is 0 Å². The van der Waals surface area contributed by atoms with Gasteiger partial charge < -0.3 is 20.4 Å². The lowest BCUT2D eigenvalue weighted by molar-refractivity contribution is 0.0592. The van der Waals surface area contributed by atoms with Crippen LogP contribution in [0.3, 0.4) is 0 Å². The Morgan fingerprint density at radius 3 is 2.83 bits per heavy atom. The van der Waals surface area contributed by atoms with Crippen LogP contribution in [0.15, 0.2) is 17.3 Å². The Balaban J connectivity index is 2.36. The van der Waals surface area contributed by atoms with Crippen molar-refractivity contribution in [2.75, 3.05) is 7.11 Å². The minimum absolute atomic E-state index is 0.0530. The zero-order valence-corrected chi connectivity index (χ0v) is 9.79. The number of nitrogens with zero attached hydrogens (tertiary/aromatic N) is 2.